The van der Waals surface area contributed by atoms with Crippen LogP contribution in [0.15, 0.2) is 18.2 Å². The van der Waals surface area contributed by atoms with E-state index in [4.69, 9.17) is 9.47 Å². The molecule has 1 aromatic rings. The number of imide groups is 2. The van der Waals surface area contributed by atoms with E-state index in [0.29, 0.717) is 25.4 Å². The van der Waals surface area contributed by atoms with Crippen molar-refractivity contribution < 1.29 is 33.4 Å². The van der Waals surface area contributed by atoms with E-state index >= 15 is 0 Å². The lowest BCUT2D eigenvalue weighted by atomic mass is 10.0. The molecular weight excluding hydrogens is 418 g/mol. The molecule has 10 nitrogen and oxygen atoms in total. The van der Waals surface area contributed by atoms with Crippen LogP contribution in [0.25, 0.3) is 0 Å². The first-order chi connectivity index (χ1) is 15.0. The molecule has 2 fully saturated rings. The number of carbonyl (C=O) groups is 5. The highest BCUT2D eigenvalue weighted by atomic mass is 16.6. The van der Waals surface area contributed by atoms with Gasteiger partial charge in [-0.05, 0) is 45.4 Å². The maximum Gasteiger partial charge on any atom is 0.410 e. The van der Waals surface area contributed by atoms with E-state index in [1.807, 2.05) is 20.8 Å². The average molecular weight is 443 g/mol. The Bertz CT molecular complexity index is 1010. The van der Waals surface area contributed by atoms with Gasteiger partial charge in [0.1, 0.15) is 17.4 Å². The molecule has 2 saturated heterocycles. The number of hydrogen-bond donors (Lipinski definition) is 1. The number of benzene rings is 1. The van der Waals surface area contributed by atoms with Crippen LogP contribution in [-0.2, 0) is 14.3 Å². The number of carbonyl (C=O) groups excluding carboxylic acids is 5. The fourth-order valence-electron chi connectivity index (χ4n) is 3.90. The van der Waals surface area contributed by atoms with Crippen molar-refractivity contribution in [3.05, 3.63) is 29.3 Å². The number of piperidine rings is 1. The molecule has 4 rings (SSSR count). The highest BCUT2D eigenvalue weighted by molar-refractivity contribution is 6.23. The van der Waals surface area contributed by atoms with Crippen molar-refractivity contribution in [2.24, 2.45) is 5.92 Å². The molecule has 0 aliphatic carbocycles. The fraction of sp³-hybridized carbons (Fsp3) is 0.500. The van der Waals surface area contributed by atoms with Gasteiger partial charge in [-0.25, -0.2) is 4.79 Å². The molecule has 3 heterocycles. The summed E-state index contributed by atoms with van der Waals surface area (Å²) in [5, 5.41) is 2.17. The van der Waals surface area contributed by atoms with Crippen LogP contribution in [0.2, 0.25) is 0 Å². The van der Waals surface area contributed by atoms with E-state index in [1.165, 1.54) is 12.1 Å². The summed E-state index contributed by atoms with van der Waals surface area (Å²) in [6, 6.07) is 3.59. The zero-order valence-electron chi connectivity index (χ0n) is 18.2. The first kappa shape index (κ1) is 21.8. The minimum atomic E-state index is -1.00. The molecule has 32 heavy (non-hydrogen) atoms. The summed E-state index contributed by atoms with van der Waals surface area (Å²) in [5.74, 6) is -1.65. The monoisotopic (exact) mass is 443 g/mol. The van der Waals surface area contributed by atoms with Crippen molar-refractivity contribution in [3.8, 4) is 5.75 Å². The lowest BCUT2D eigenvalue weighted by Crippen LogP contribution is -2.54. The Hall–Kier alpha value is -3.43. The zero-order chi connectivity index (χ0) is 23.2. The Labute approximate surface area is 184 Å². The van der Waals surface area contributed by atoms with Gasteiger partial charge in [0, 0.05) is 25.4 Å². The zero-order valence-corrected chi connectivity index (χ0v) is 18.2. The molecule has 10 heteroatoms. The van der Waals surface area contributed by atoms with Gasteiger partial charge in [-0.3, -0.25) is 29.4 Å². The van der Waals surface area contributed by atoms with Gasteiger partial charge in [0.05, 0.1) is 17.7 Å². The SMILES string of the molecule is CC(C)(C)OC(=O)N1CC(COc2ccc3c(c2)C(=O)N(C2CCC(=O)NC2=O)C3=O)C1. The Balaban J connectivity index is 1.35. The largest absolute Gasteiger partial charge is 0.493 e. The molecule has 0 spiro atoms. The Kier molecular flexibility index (Phi) is 5.39. The first-order valence-corrected chi connectivity index (χ1v) is 10.5. The number of fused-ring (bicyclic) bond motifs is 1. The quantitative estimate of drug-likeness (QED) is 0.697. The number of nitrogens with zero attached hydrogens (tertiary/aromatic N) is 2. The van der Waals surface area contributed by atoms with Gasteiger partial charge in [-0.1, -0.05) is 0 Å². The number of nitrogens with one attached hydrogen (secondary N) is 1. The summed E-state index contributed by atoms with van der Waals surface area (Å²) in [7, 11) is 0. The molecule has 5 amide bonds. The van der Waals surface area contributed by atoms with E-state index in [0.717, 1.165) is 4.90 Å². The second kappa shape index (κ2) is 7.92. The summed E-state index contributed by atoms with van der Waals surface area (Å²) < 4.78 is 11.1. The topological polar surface area (TPSA) is 122 Å². The molecule has 3 aliphatic rings. The number of amides is 5. The second-order valence-corrected chi connectivity index (χ2v) is 9.22. The van der Waals surface area contributed by atoms with Gasteiger partial charge < -0.3 is 14.4 Å². The van der Waals surface area contributed by atoms with Crippen LogP contribution in [0.1, 0.15) is 54.3 Å². The van der Waals surface area contributed by atoms with Crippen LogP contribution in [0.4, 0.5) is 4.79 Å². The third-order valence-electron chi connectivity index (χ3n) is 5.51. The highest BCUT2D eigenvalue weighted by Crippen LogP contribution is 2.30. The van der Waals surface area contributed by atoms with Crippen LogP contribution < -0.4 is 10.1 Å². The summed E-state index contributed by atoms with van der Waals surface area (Å²) >= 11 is 0. The average Bonchev–Trinajstić information content (AvgIpc) is 2.90. The number of hydrogen-bond acceptors (Lipinski definition) is 7. The van der Waals surface area contributed by atoms with Crippen molar-refractivity contribution >= 4 is 29.7 Å². The van der Waals surface area contributed by atoms with E-state index in [1.54, 1.807) is 11.0 Å². The van der Waals surface area contributed by atoms with Crippen molar-refractivity contribution in [2.45, 2.75) is 45.3 Å². The molecule has 0 bridgehead atoms. The summed E-state index contributed by atoms with van der Waals surface area (Å²) in [5.41, 5.74) is -0.178. The normalized spacial score (nSPS) is 21.3. The summed E-state index contributed by atoms with van der Waals surface area (Å²) in [4.78, 5) is 63.6. The maximum absolute atomic E-state index is 12.8. The minimum absolute atomic E-state index is 0.0693. The third kappa shape index (κ3) is 4.17. The summed E-state index contributed by atoms with van der Waals surface area (Å²) in [6.07, 6.45) is -0.182. The van der Waals surface area contributed by atoms with E-state index in [9.17, 15) is 24.0 Å². The maximum atomic E-state index is 12.8. The lowest BCUT2D eigenvalue weighted by molar-refractivity contribution is -0.136. The number of rotatable bonds is 4. The van der Waals surface area contributed by atoms with Crippen LogP contribution in [0, 0.1) is 5.92 Å². The standard InChI is InChI=1S/C22H25N3O7/c1-22(2,3)32-21(30)24-9-12(10-24)11-31-13-4-5-14-15(8-13)20(29)25(19(14)28)16-6-7-17(26)23-18(16)27/h4-5,8,12,16H,6-7,9-11H2,1-3H3,(H,23,26,27). The molecule has 170 valence electrons. The predicted octanol–water partition coefficient (Wildman–Crippen LogP) is 1.33. The fourth-order valence-corrected chi connectivity index (χ4v) is 3.90. The summed E-state index contributed by atoms with van der Waals surface area (Å²) in [6.45, 7) is 6.81. The minimum Gasteiger partial charge on any atom is -0.493 e. The van der Waals surface area contributed by atoms with Gasteiger partial charge in [-0.15, -0.1) is 0 Å². The Morgan fingerprint density at radius 2 is 1.78 bits per heavy atom. The molecule has 1 N–H and O–H groups in total. The van der Waals surface area contributed by atoms with Crippen LogP contribution >= 0.6 is 0 Å². The van der Waals surface area contributed by atoms with Crippen molar-refractivity contribution in [2.75, 3.05) is 19.7 Å². The van der Waals surface area contributed by atoms with Crippen LogP contribution in [-0.4, -0.2) is 70.9 Å². The van der Waals surface area contributed by atoms with E-state index < -0.39 is 35.3 Å². The molecule has 0 radical (unpaired) electrons. The van der Waals surface area contributed by atoms with Crippen molar-refractivity contribution in [1.82, 2.24) is 15.1 Å². The van der Waals surface area contributed by atoms with Gasteiger partial charge in [0.25, 0.3) is 11.8 Å². The Morgan fingerprint density at radius 3 is 2.44 bits per heavy atom. The smallest absolute Gasteiger partial charge is 0.410 e. The molecule has 1 unspecified atom stereocenters. The lowest BCUT2D eigenvalue weighted by Gasteiger charge is -2.39. The molecule has 3 aliphatic heterocycles. The molecule has 1 atom stereocenters. The van der Waals surface area contributed by atoms with Crippen molar-refractivity contribution in [1.29, 1.82) is 0 Å². The number of likely N-dealkylation sites (tertiary alicyclic amines) is 1. The number of ether oxygens (including phenoxy) is 2. The van der Waals surface area contributed by atoms with Crippen LogP contribution in [0.5, 0.6) is 5.75 Å². The molecule has 0 saturated carbocycles. The highest BCUT2D eigenvalue weighted by Gasteiger charge is 2.44. The van der Waals surface area contributed by atoms with Gasteiger partial charge >= 0.3 is 6.09 Å². The molecule has 0 aromatic heterocycles. The van der Waals surface area contributed by atoms with E-state index in [-0.39, 0.29) is 36.0 Å². The molecule has 1 aromatic carbocycles. The second-order valence-electron chi connectivity index (χ2n) is 9.22. The Morgan fingerprint density at radius 1 is 1.09 bits per heavy atom. The predicted molar refractivity (Wildman–Crippen MR) is 110 cm³/mol. The van der Waals surface area contributed by atoms with Gasteiger partial charge in [-0.2, -0.15) is 0 Å². The van der Waals surface area contributed by atoms with Gasteiger partial charge in [0.2, 0.25) is 11.8 Å². The molecular formula is C22H25N3O7. The van der Waals surface area contributed by atoms with Crippen LogP contribution in [0.3, 0.4) is 0 Å². The third-order valence-corrected chi connectivity index (χ3v) is 5.51. The first-order valence-electron chi connectivity index (χ1n) is 10.5. The van der Waals surface area contributed by atoms with E-state index in [2.05, 4.69) is 5.32 Å². The van der Waals surface area contributed by atoms with Gasteiger partial charge in [0.15, 0.2) is 0 Å². The van der Waals surface area contributed by atoms with Crippen molar-refractivity contribution in [3.63, 3.8) is 0 Å².